The second kappa shape index (κ2) is 8.46. The number of aromatic nitrogens is 2. The molecule has 1 aliphatic heterocycles. The molecule has 2 aromatic heterocycles. The second-order valence-electron chi connectivity index (χ2n) is 7.56. The van der Waals surface area contributed by atoms with E-state index in [4.69, 9.17) is 9.15 Å². The number of morpholine rings is 1. The lowest BCUT2D eigenvalue weighted by atomic mass is 10.1. The number of nitrogens with zero attached hydrogens (tertiary/aromatic N) is 3. The van der Waals surface area contributed by atoms with Gasteiger partial charge in [-0.15, -0.1) is 0 Å². The number of benzene rings is 1. The fourth-order valence-corrected chi connectivity index (χ4v) is 3.66. The molecule has 1 aromatic carbocycles. The maximum absolute atomic E-state index is 14.0. The van der Waals surface area contributed by atoms with E-state index in [1.54, 1.807) is 13.8 Å². The lowest BCUT2D eigenvalue weighted by Gasteiger charge is -2.33. The lowest BCUT2D eigenvalue weighted by molar-refractivity contribution is 0.0981. The number of halogens is 2. The molecule has 0 spiro atoms. The number of urea groups is 1. The molecule has 0 saturated carbocycles. The minimum Gasteiger partial charge on any atom is -0.456 e. The number of hydrogen-bond acceptors (Lipinski definition) is 6. The first-order valence-corrected chi connectivity index (χ1v) is 9.95. The molecule has 3 aromatic rings. The van der Waals surface area contributed by atoms with Gasteiger partial charge in [-0.25, -0.2) is 23.5 Å². The molecule has 1 saturated heterocycles. The van der Waals surface area contributed by atoms with Gasteiger partial charge in [-0.1, -0.05) is 0 Å². The van der Waals surface area contributed by atoms with E-state index < -0.39 is 23.7 Å². The third kappa shape index (κ3) is 4.29. The standard InChI is InChI=1S/C21H23F2N5O3/c1-11-10-30-5-4-28(11)20-24-8-15(9-25-20)27-21(29)26-13(3)18-12(2)16-6-14(22)7-17(23)19(16)31-18/h6-9,11,13H,4-5,10H2,1-3H3,(H2,26,27,29)/t11-,13?/m1/s1. The van der Waals surface area contributed by atoms with Crippen LogP contribution >= 0.6 is 0 Å². The van der Waals surface area contributed by atoms with Gasteiger partial charge < -0.3 is 24.7 Å². The average Bonchev–Trinajstić information content (AvgIpc) is 3.06. The summed E-state index contributed by atoms with van der Waals surface area (Å²) >= 11 is 0. The van der Waals surface area contributed by atoms with E-state index in [1.807, 2.05) is 11.8 Å². The third-order valence-electron chi connectivity index (χ3n) is 5.26. The number of furan rings is 1. The van der Waals surface area contributed by atoms with Crippen molar-refractivity contribution in [3.8, 4) is 0 Å². The van der Waals surface area contributed by atoms with E-state index in [9.17, 15) is 13.6 Å². The summed E-state index contributed by atoms with van der Waals surface area (Å²) in [5, 5.41) is 5.72. The van der Waals surface area contributed by atoms with Gasteiger partial charge in [0, 0.05) is 23.6 Å². The summed E-state index contributed by atoms with van der Waals surface area (Å²) in [6.07, 6.45) is 3.05. The van der Waals surface area contributed by atoms with Crippen LogP contribution in [0.1, 0.15) is 31.2 Å². The Labute approximate surface area is 177 Å². The second-order valence-corrected chi connectivity index (χ2v) is 7.56. The highest BCUT2D eigenvalue weighted by Crippen LogP contribution is 2.31. The smallest absolute Gasteiger partial charge is 0.319 e. The predicted molar refractivity (Wildman–Crippen MR) is 111 cm³/mol. The van der Waals surface area contributed by atoms with Gasteiger partial charge in [0.05, 0.1) is 43.4 Å². The number of anilines is 2. The highest BCUT2D eigenvalue weighted by atomic mass is 19.1. The number of carbonyl (C=O) groups is 1. The Balaban J connectivity index is 1.42. The molecule has 8 nitrogen and oxygen atoms in total. The Kier molecular flexibility index (Phi) is 5.73. The van der Waals surface area contributed by atoms with E-state index in [-0.39, 0.29) is 11.6 Å². The molecule has 2 atom stereocenters. The van der Waals surface area contributed by atoms with Crippen molar-refractivity contribution in [2.75, 3.05) is 30.0 Å². The first-order valence-electron chi connectivity index (χ1n) is 9.95. The molecule has 1 fully saturated rings. The van der Waals surface area contributed by atoms with Gasteiger partial charge in [0.15, 0.2) is 11.4 Å². The van der Waals surface area contributed by atoms with E-state index in [1.165, 1.54) is 18.5 Å². The minimum atomic E-state index is -0.784. The average molecular weight is 431 g/mol. The largest absolute Gasteiger partial charge is 0.456 e. The predicted octanol–water partition coefficient (Wildman–Crippen LogP) is 3.92. The van der Waals surface area contributed by atoms with Gasteiger partial charge in [0.2, 0.25) is 5.95 Å². The summed E-state index contributed by atoms with van der Waals surface area (Å²) in [6.45, 7) is 7.34. The first-order chi connectivity index (χ1) is 14.8. The quantitative estimate of drug-likeness (QED) is 0.651. The van der Waals surface area contributed by atoms with Gasteiger partial charge >= 0.3 is 6.03 Å². The van der Waals surface area contributed by atoms with Crippen LogP contribution < -0.4 is 15.5 Å². The zero-order valence-corrected chi connectivity index (χ0v) is 17.4. The summed E-state index contributed by atoms with van der Waals surface area (Å²) in [4.78, 5) is 23.1. The van der Waals surface area contributed by atoms with Gasteiger partial charge in [-0.05, 0) is 26.8 Å². The highest BCUT2D eigenvalue weighted by molar-refractivity contribution is 5.89. The van der Waals surface area contributed by atoms with Crippen molar-refractivity contribution in [2.45, 2.75) is 32.9 Å². The van der Waals surface area contributed by atoms with Crippen molar-refractivity contribution in [3.63, 3.8) is 0 Å². The number of amides is 2. The van der Waals surface area contributed by atoms with Gasteiger partial charge in [0.1, 0.15) is 11.6 Å². The number of hydrogen-bond donors (Lipinski definition) is 2. The summed E-state index contributed by atoms with van der Waals surface area (Å²) in [6, 6.07) is 1.06. The fraction of sp³-hybridized carbons (Fsp3) is 0.381. The van der Waals surface area contributed by atoms with Crippen LogP contribution in [-0.4, -0.2) is 41.8 Å². The molecule has 2 N–H and O–H groups in total. The molecule has 1 unspecified atom stereocenters. The lowest BCUT2D eigenvalue weighted by Crippen LogP contribution is -2.44. The minimum absolute atomic E-state index is 0.0377. The van der Waals surface area contributed by atoms with Crippen molar-refractivity contribution in [1.29, 1.82) is 0 Å². The van der Waals surface area contributed by atoms with Crippen molar-refractivity contribution >= 4 is 28.6 Å². The molecule has 164 valence electrons. The fourth-order valence-electron chi connectivity index (χ4n) is 3.66. The first kappa shape index (κ1) is 21.0. The number of aryl methyl sites for hydroxylation is 1. The zero-order valence-electron chi connectivity index (χ0n) is 17.4. The van der Waals surface area contributed by atoms with Crippen molar-refractivity contribution in [1.82, 2.24) is 15.3 Å². The van der Waals surface area contributed by atoms with Gasteiger partial charge in [-0.3, -0.25) is 0 Å². The molecular formula is C21H23F2N5O3. The molecule has 3 heterocycles. The Hall–Kier alpha value is -3.27. The molecule has 0 radical (unpaired) electrons. The van der Waals surface area contributed by atoms with E-state index in [2.05, 4.69) is 20.6 Å². The maximum atomic E-state index is 14.0. The van der Waals surface area contributed by atoms with Crippen LogP contribution in [0.5, 0.6) is 0 Å². The third-order valence-corrected chi connectivity index (χ3v) is 5.26. The molecule has 0 aliphatic carbocycles. The normalized spacial score (nSPS) is 17.6. The number of rotatable bonds is 4. The molecule has 2 amide bonds. The number of fused-ring (bicyclic) bond motifs is 1. The van der Waals surface area contributed by atoms with Gasteiger partial charge in [0.25, 0.3) is 0 Å². The summed E-state index contributed by atoms with van der Waals surface area (Å²) in [7, 11) is 0. The monoisotopic (exact) mass is 431 g/mol. The van der Waals surface area contributed by atoms with Gasteiger partial charge in [-0.2, -0.15) is 0 Å². The molecular weight excluding hydrogens is 408 g/mol. The SMILES string of the molecule is Cc1c(C(C)NC(=O)Nc2cnc(N3CCOC[C@H]3C)nc2)oc2c(F)cc(F)cc12. The summed E-state index contributed by atoms with van der Waals surface area (Å²) in [5.74, 6) is -0.550. The molecule has 10 heteroatoms. The van der Waals surface area contributed by atoms with Crippen LogP contribution in [0.3, 0.4) is 0 Å². The maximum Gasteiger partial charge on any atom is 0.319 e. The topological polar surface area (TPSA) is 92.5 Å². The number of ether oxygens (including phenoxy) is 1. The van der Waals surface area contributed by atoms with Crippen LogP contribution in [0.2, 0.25) is 0 Å². The van der Waals surface area contributed by atoms with Crippen LogP contribution in [-0.2, 0) is 4.74 Å². The highest BCUT2D eigenvalue weighted by Gasteiger charge is 2.23. The van der Waals surface area contributed by atoms with E-state index in [0.717, 1.165) is 6.07 Å². The van der Waals surface area contributed by atoms with Crippen molar-refractivity contribution < 1.29 is 22.7 Å². The van der Waals surface area contributed by atoms with Crippen LogP contribution in [0.4, 0.5) is 25.2 Å². The molecule has 31 heavy (non-hydrogen) atoms. The Morgan fingerprint density at radius 2 is 2.03 bits per heavy atom. The van der Waals surface area contributed by atoms with E-state index in [0.29, 0.717) is 48.1 Å². The Morgan fingerprint density at radius 1 is 1.29 bits per heavy atom. The van der Waals surface area contributed by atoms with Crippen LogP contribution in [0.25, 0.3) is 11.0 Å². The van der Waals surface area contributed by atoms with Crippen LogP contribution in [0, 0.1) is 18.6 Å². The van der Waals surface area contributed by atoms with Crippen molar-refractivity contribution in [3.05, 3.63) is 47.5 Å². The Bertz CT molecular complexity index is 1100. The summed E-state index contributed by atoms with van der Waals surface area (Å²) < 4.78 is 38.5. The molecule has 1 aliphatic rings. The number of nitrogens with one attached hydrogen (secondary N) is 2. The zero-order chi connectivity index (χ0) is 22.1. The molecule has 0 bridgehead atoms. The number of carbonyl (C=O) groups excluding carboxylic acids is 1. The molecule has 4 rings (SSSR count). The van der Waals surface area contributed by atoms with E-state index >= 15 is 0 Å². The van der Waals surface area contributed by atoms with Crippen molar-refractivity contribution in [2.24, 2.45) is 0 Å². The summed E-state index contributed by atoms with van der Waals surface area (Å²) in [5.41, 5.74) is 0.946. The Morgan fingerprint density at radius 3 is 2.74 bits per heavy atom. The van der Waals surface area contributed by atoms with Crippen LogP contribution in [0.15, 0.2) is 28.9 Å².